The third-order valence-corrected chi connectivity index (χ3v) is 2.99. The lowest BCUT2D eigenvalue weighted by molar-refractivity contribution is -0.145. The quantitative estimate of drug-likeness (QED) is 0.385. The lowest BCUT2D eigenvalue weighted by Crippen LogP contribution is -2.38. The Morgan fingerprint density at radius 3 is 2.88 bits per heavy atom. The molecule has 2 N–H and O–H groups in total. The van der Waals surface area contributed by atoms with Crippen molar-refractivity contribution in [3.05, 3.63) is 12.2 Å². The highest BCUT2D eigenvalue weighted by Gasteiger charge is 2.32. The van der Waals surface area contributed by atoms with Crippen LogP contribution in [-0.2, 0) is 9.59 Å². The van der Waals surface area contributed by atoms with Crippen LogP contribution >= 0.6 is 12.6 Å². The number of carbonyl (C=O) groups is 2. The maximum absolute atomic E-state index is 11.8. The van der Waals surface area contributed by atoms with Gasteiger partial charge in [0.2, 0.25) is 5.91 Å². The second-order valence-electron chi connectivity index (χ2n) is 3.84. The average Bonchev–Trinajstić information content (AvgIpc) is 2.29. The molecule has 0 saturated heterocycles. The Morgan fingerprint density at radius 2 is 2.25 bits per heavy atom. The fourth-order valence-electron chi connectivity index (χ4n) is 1.80. The molecular weight excluding hydrogens is 226 g/mol. The summed E-state index contributed by atoms with van der Waals surface area (Å²) >= 11 is 4.04. The van der Waals surface area contributed by atoms with Gasteiger partial charge < -0.3 is 10.4 Å². The van der Waals surface area contributed by atoms with Crippen LogP contribution in [0.1, 0.15) is 19.3 Å². The summed E-state index contributed by atoms with van der Waals surface area (Å²) in [7, 11) is 0. The summed E-state index contributed by atoms with van der Waals surface area (Å²) in [5.74, 6) is -1.47. The number of carboxylic acid groups (broad SMARTS) is 1. The van der Waals surface area contributed by atoms with Gasteiger partial charge in [0.05, 0.1) is 11.8 Å². The summed E-state index contributed by atoms with van der Waals surface area (Å²) < 4.78 is 0. The van der Waals surface area contributed by atoms with Crippen molar-refractivity contribution in [2.24, 2.45) is 11.8 Å². The molecule has 2 unspecified atom stereocenters. The fraction of sp³-hybridized carbons (Fsp3) is 0.636. The van der Waals surface area contributed by atoms with Crippen LogP contribution in [0.4, 0.5) is 0 Å². The molecule has 90 valence electrons. The molecule has 16 heavy (non-hydrogen) atoms. The number of rotatable bonds is 5. The van der Waals surface area contributed by atoms with Crippen molar-refractivity contribution < 1.29 is 14.7 Å². The summed E-state index contributed by atoms with van der Waals surface area (Å²) in [5.41, 5.74) is 0. The molecule has 0 aromatic heterocycles. The van der Waals surface area contributed by atoms with Crippen molar-refractivity contribution in [3.8, 4) is 0 Å². The second kappa shape index (κ2) is 6.58. The third-order valence-electron chi connectivity index (χ3n) is 2.68. The number of hydrogen-bond acceptors (Lipinski definition) is 3. The van der Waals surface area contributed by atoms with Gasteiger partial charge in [-0.05, 0) is 25.0 Å². The van der Waals surface area contributed by atoms with Crippen molar-refractivity contribution in [2.75, 3.05) is 12.3 Å². The highest BCUT2D eigenvalue weighted by Crippen LogP contribution is 2.25. The van der Waals surface area contributed by atoms with Crippen LogP contribution in [0, 0.1) is 11.8 Å². The maximum Gasteiger partial charge on any atom is 0.311 e. The summed E-state index contributed by atoms with van der Waals surface area (Å²) in [6.45, 7) is 0.564. The van der Waals surface area contributed by atoms with E-state index in [4.69, 9.17) is 5.11 Å². The first kappa shape index (κ1) is 13.1. The minimum absolute atomic E-state index is 0.154. The van der Waals surface area contributed by atoms with Crippen LogP contribution in [0.15, 0.2) is 12.2 Å². The zero-order chi connectivity index (χ0) is 12.0. The monoisotopic (exact) mass is 243 g/mol. The van der Waals surface area contributed by atoms with Gasteiger partial charge in [-0.15, -0.1) is 0 Å². The molecule has 0 aliphatic heterocycles. The van der Waals surface area contributed by atoms with Crippen LogP contribution in [-0.4, -0.2) is 29.3 Å². The van der Waals surface area contributed by atoms with Crippen LogP contribution in [0.2, 0.25) is 0 Å². The number of carboxylic acids is 1. The van der Waals surface area contributed by atoms with E-state index in [9.17, 15) is 9.59 Å². The summed E-state index contributed by atoms with van der Waals surface area (Å²) in [6, 6.07) is 0. The zero-order valence-electron chi connectivity index (χ0n) is 9.06. The summed E-state index contributed by atoms with van der Waals surface area (Å²) in [5, 5.41) is 11.7. The van der Waals surface area contributed by atoms with Gasteiger partial charge in [0.1, 0.15) is 0 Å². The number of hydrogen-bond donors (Lipinski definition) is 3. The number of amides is 1. The van der Waals surface area contributed by atoms with Gasteiger partial charge >= 0.3 is 5.97 Å². The zero-order valence-corrected chi connectivity index (χ0v) is 9.95. The topological polar surface area (TPSA) is 66.4 Å². The number of carbonyl (C=O) groups excluding carboxylic acids is 1. The molecular formula is C11H17NO3S. The molecule has 0 fully saturated rings. The van der Waals surface area contributed by atoms with Gasteiger partial charge in [-0.25, -0.2) is 0 Å². The standard InChI is InChI=1S/C11H17NO3S/c13-10(12-6-3-7-16)8-4-1-2-5-9(8)11(14)15/h2,5,8-9,16H,1,3-4,6-7H2,(H,12,13)(H,14,15). The minimum atomic E-state index is -0.926. The molecule has 1 rings (SSSR count). The van der Waals surface area contributed by atoms with E-state index in [0.717, 1.165) is 12.8 Å². The molecule has 1 aliphatic rings. The largest absolute Gasteiger partial charge is 0.481 e. The Labute approximate surface area is 101 Å². The first-order valence-electron chi connectivity index (χ1n) is 5.45. The molecule has 5 heteroatoms. The van der Waals surface area contributed by atoms with E-state index in [0.29, 0.717) is 18.7 Å². The van der Waals surface area contributed by atoms with Gasteiger partial charge in [0, 0.05) is 6.54 Å². The molecule has 0 spiro atoms. The molecule has 0 saturated carbocycles. The smallest absolute Gasteiger partial charge is 0.311 e. The second-order valence-corrected chi connectivity index (χ2v) is 4.29. The lowest BCUT2D eigenvalue weighted by atomic mass is 9.83. The van der Waals surface area contributed by atoms with Crippen LogP contribution < -0.4 is 5.32 Å². The minimum Gasteiger partial charge on any atom is -0.481 e. The Kier molecular flexibility index (Phi) is 5.38. The SMILES string of the molecule is O=C(O)C1C=CCCC1C(=O)NCCCS. The van der Waals surface area contributed by atoms with Gasteiger partial charge in [-0.2, -0.15) is 12.6 Å². The van der Waals surface area contributed by atoms with Crippen molar-refractivity contribution >= 4 is 24.5 Å². The predicted octanol–water partition coefficient (Wildman–Crippen LogP) is 1.09. The van der Waals surface area contributed by atoms with E-state index in [2.05, 4.69) is 17.9 Å². The molecule has 0 aromatic carbocycles. The van der Waals surface area contributed by atoms with Gasteiger partial charge in [0.25, 0.3) is 0 Å². The normalized spacial score (nSPS) is 24.1. The molecule has 2 atom stereocenters. The van der Waals surface area contributed by atoms with Crippen molar-refractivity contribution in [3.63, 3.8) is 0 Å². The van der Waals surface area contributed by atoms with Crippen LogP contribution in [0.5, 0.6) is 0 Å². The Morgan fingerprint density at radius 1 is 1.50 bits per heavy atom. The summed E-state index contributed by atoms with van der Waals surface area (Å²) in [4.78, 5) is 22.7. The molecule has 0 radical (unpaired) electrons. The predicted molar refractivity (Wildman–Crippen MR) is 64.5 cm³/mol. The molecule has 4 nitrogen and oxygen atoms in total. The van der Waals surface area contributed by atoms with E-state index in [-0.39, 0.29) is 5.91 Å². The number of allylic oxidation sites excluding steroid dienone is 1. The number of aliphatic carboxylic acids is 1. The number of nitrogens with one attached hydrogen (secondary N) is 1. The maximum atomic E-state index is 11.8. The van der Waals surface area contributed by atoms with Crippen molar-refractivity contribution in [1.82, 2.24) is 5.32 Å². The van der Waals surface area contributed by atoms with E-state index in [1.165, 1.54) is 0 Å². The lowest BCUT2D eigenvalue weighted by Gasteiger charge is -2.23. The first-order valence-corrected chi connectivity index (χ1v) is 6.08. The highest BCUT2D eigenvalue weighted by atomic mass is 32.1. The molecule has 1 amide bonds. The van der Waals surface area contributed by atoms with Gasteiger partial charge in [-0.1, -0.05) is 12.2 Å². The molecule has 0 bridgehead atoms. The van der Waals surface area contributed by atoms with Crippen molar-refractivity contribution in [2.45, 2.75) is 19.3 Å². The first-order chi connectivity index (χ1) is 7.66. The van der Waals surface area contributed by atoms with E-state index >= 15 is 0 Å². The van der Waals surface area contributed by atoms with Crippen molar-refractivity contribution in [1.29, 1.82) is 0 Å². The molecule has 0 heterocycles. The van der Waals surface area contributed by atoms with E-state index in [1.807, 2.05) is 6.08 Å². The Bertz CT molecular complexity index is 291. The Hall–Kier alpha value is -0.970. The van der Waals surface area contributed by atoms with Gasteiger partial charge in [0.15, 0.2) is 0 Å². The van der Waals surface area contributed by atoms with E-state index < -0.39 is 17.8 Å². The number of thiol groups is 1. The van der Waals surface area contributed by atoms with Crippen LogP contribution in [0.3, 0.4) is 0 Å². The molecule has 0 aromatic rings. The van der Waals surface area contributed by atoms with E-state index in [1.54, 1.807) is 6.08 Å². The Balaban J connectivity index is 2.52. The third kappa shape index (κ3) is 3.56. The van der Waals surface area contributed by atoms with Crippen LogP contribution in [0.25, 0.3) is 0 Å². The molecule has 1 aliphatic carbocycles. The average molecular weight is 243 g/mol. The highest BCUT2D eigenvalue weighted by molar-refractivity contribution is 7.80. The summed E-state index contributed by atoms with van der Waals surface area (Å²) in [6.07, 6.45) is 5.63. The fourth-order valence-corrected chi connectivity index (χ4v) is 1.96. The van der Waals surface area contributed by atoms with Gasteiger partial charge in [-0.3, -0.25) is 9.59 Å².